The van der Waals surface area contributed by atoms with Gasteiger partial charge in [-0.3, -0.25) is 4.79 Å². The molecule has 15 heavy (non-hydrogen) atoms. The molecule has 0 unspecified atom stereocenters. The quantitative estimate of drug-likeness (QED) is 0.741. The number of hydrogen-bond acceptors (Lipinski definition) is 1. The first-order valence-corrected chi connectivity index (χ1v) is 5.38. The molecule has 1 aliphatic rings. The van der Waals surface area contributed by atoms with Gasteiger partial charge < -0.3 is 4.98 Å². The molecule has 0 atom stereocenters. The largest absolute Gasteiger partial charge is 0.360 e. The Labute approximate surface area is 88.3 Å². The number of benzene rings is 1. The van der Waals surface area contributed by atoms with Gasteiger partial charge in [0.15, 0.2) is 5.78 Å². The molecule has 3 rings (SSSR count). The standard InChI is InChI=1S/C13H13NO/c1-8-3-2-4-10-11(7-14-12(8)10)13(15)9-5-6-9/h2-4,7,9,14H,5-6H2,1H3. The van der Waals surface area contributed by atoms with Crippen LogP contribution in [0, 0.1) is 12.8 Å². The lowest BCUT2D eigenvalue weighted by molar-refractivity contribution is 0.0969. The third-order valence-electron chi connectivity index (χ3n) is 3.14. The lowest BCUT2D eigenvalue weighted by Gasteiger charge is -1.97. The molecule has 1 aliphatic carbocycles. The first-order valence-electron chi connectivity index (χ1n) is 5.38. The van der Waals surface area contributed by atoms with Crippen LogP contribution in [0.25, 0.3) is 10.9 Å². The maximum atomic E-state index is 12.0. The number of H-pyrrole nitrogens is 1. The molecular formula is C13H13NO. The average molecular weight is 199 g/mol. The SMILES string of the molecule is Cc1cccc2c(C(=O)C3CC3)c[nH]c12. The lowest BCUT2D eigenvalue weighted by atomic mass is 10.0. The van der Waals surface area contributed by atoms with E-state index in [-0.39, 0.29) is 0 Å². The minimum absolute atomic E-state index is 0.296. The van der Waals surface area contributed by atoms with Gasteiger partial charge in [-0.15, -0.1) is 0 Å². The Hall–Kier alpha value is -1.57. The van der Waals surface area contributed by atoms with Gasteiger partial charge in [-0.2, -0.15) is 0 Å². The van der Waals surface area contributed by atoms with Crippen molar-refractivity contribution in [1.29, 1.82) is 0 Å². The van der Waals surface area contributed by atoms with Crippen LogP contribution < -0.4 is 0 Å². The Balaban J connectivity index is 2.19. The van der Waals surface area contributed by atoms with E-state index in [2.05, 4.69) is 18.0 Å². The van der Waals surface area contributed by atoms with Gasteiger partial charge in [0.05, 0.1) is 0 Å². The summed E-state index contributed by atoms with van der Waals surface area (Å²) in [6, 6.07) is 6.09. The van der Waals surface area contributed by atoms with E-state index in [9.17, 15) is 4.79 Å². The minimum Gasteiger partial charge on any atom is -0.360 e. The number of nitrogens with one attached hydrogen (secondary N) is 1. The number of carbonyl (C=O) groups excluding carboxylic acids is 1. The van der Waals surface area contributed by atoms with Crippen molar-refractivity contribution in [3.63, 3.8) is 0 Å². The summed E-state index contributed by atoms with van der Waals surface area (Å²) >= 11 is 0. The summed E-state index contributed by atoms with van der Waals surface area (Å²) in [7, 11) is 0. The van der Waals surface area contributed by atoms with Crippen LogP contribution in [-0.4, -0.2) is 10.8 Å². The Morgan fingerprint density at radius 1 is 1.40 bits per heavy atom. The second-order valence-electron chi connectivity index (χ2n) is 4.34. The van der Waals surface area contributed by atoms with Crippen LogP contribution in [0.15, 0.2) is 24.4 Å². The zero-order chi connectivity index (χ0) is 10.4. The van der Waals surface area contributed by atoms with Crippen molar-refractivity contribution in [1.82, 2.24) is 4.98 Å². The number of rotatable bonds is 2. The number of Topliss-reactive ketones (excluding diaryl/α,β-unsaturated/α-hetero) is 1. The molecular weight excluding hydrogens is 186 g/mol. The van der Waals surface area contributed by atoms with E-state index in [0.29, 0.717) is 11.7 Å². The van der Waals surface area contributed by atoms with Crippen LogP contribution >= 0.6 is 0 Å². The van der Waals surface area contributed by atoms with Gasteiger partial charge in [-0.1, -0.05) is 18.2 Å². The summed E-state index contributed by atoms with van der Waals surface area (Å²) < 4.78 is 0. The first-order chi connectivity index (χ1) is 7.27. The smallest absolute Gasteiger partial charge is 0.168 e. The van der Waals surface area contributed by atoms with Crippen molar-refractivity contribution in [2.75, 3.05) is 0 Å². The fourth-order valence-corrected chi connectivity index (χ4v) is 2.08. The molecule has 0 aliphatic heterocycles. The highest BCUT2D eigenvalue weighted by Crippen LogP contribution is 2.34. The van der Waals surface area contributed by atoms with Crippen LogP contribution in [0.3, 0.4) is 0 Å². The highest BCUT2D eigenvalue weighted by molar-refractivity contribution is 6.10. The Kier molecular flexibility index (Phi) is 1.72. The summed E-state index contributed by atoms with van der Waals surface area (Å²) in [5, 5.41) is 1.08. The maximum Gasteiger partial charge on any atom is 0.168 e. The summed E-state index contributed by atoms with van der Waals surface area (Å²) in [5.41, 5.74) is 3.17. The van der Waals surface area contributed by atoms with Crippen LogP contribution in [0.1, 0.15) is 28.8 Å². The highest BCUT2D eigenvalue weighted by Gasteiger charge is 2.31. The van der Waals surface area contributed by atoms with E-state index < -0.39 is 0 Å². The van der Waals surface area contributed by atoms with Crippen molar-refractivity contribution in [3.8, 4) is 0 Å². The third-order valence-corrected chi connectivity index (χ3v) is 3.14. The number of fused-ring (bicyclic) bond motifs is 1. The van der Waals surface area contributed by atoms with Gasteiger partial charge in [-0.25, -0.2) is 0 Å². The number of para-hydroxylation sites is 1. The first kappa shape index (κ1) is 8.72. The highest BCUT2D eigenvalue weighted by atomic mass is 16.1. The number of aromatic nitrogens is 1. The van der Waals surface area contributed by atoms with Crippen molar-refractivity contribution in [2.24, 2.45) is 5.92 Å². The molecule has 0 spiro atoms. The van der Waals surface area contributed by atoms with Gasteiger partial charge in [0.2, 0.25) is 0 Å². The molecule has 0 bridgehead atoms. The predicted molar refractivity (Wildman–Crippen MR) is 60.1 cm³/mol. The fraction of sp³-hybridized carbons (Fsp3) is 0.308. The second-order valence-corrected chi connectivity index (χ2v) is 4.34. The summed E-state index contributed by atoms with van der Waals surface area (Å²) in [5.74, 6) is 0.608. The number of hydrogen-bond donors (Lipinski definition) is 1. The third kappa shape index (κ3) is 1.29. The molecule has 2 heteroatoms. The number of aromatic amines is 1. The Bertz CT molecular complexity index is 534. The molecule has 0 radical (unpaired) electrons. The Morgan fingerprint density at radius 2 is 2.20 bits per heavy atom. The summed E-state index contributed by atoms with van der Waals surface area (Å²) in [6.07, 6.45) is 3.99. The molecule has 0 saturated heterocycles. The number of aryl methyl sites for hydroxylation is 1. The molecule has 2 aromatic rings. The van der Waals surface area contributed by atoms with Gasteiger partial charge in [0.25, 0.3) is 0 Å². The van der Waals surface area contributed by atoms with E-state index in [1.54, 1.807) is 0 Å². The van der Waals surface area contributed by atoms with E-state index in [1.807, 2.05) is 18.3 Å². The molecule has 1 aromatic carbocycles. The zero-order valence-electron chi connectivity index (χ0n) is 8.71. The van der Waals surface area contributed by atoms with Gasteiger partial charge in [0, 0.05) is 28.6 Å². The summed E-state index contributed by atoms with van der Waals surface area (Å²) in [4.78, 5) is 15.2. The second kappa shape index (κ2) is 2.96. The van der Waals surface area contributed by atoms with Crippen molar-refractivity contribution < 1.29 is 4.79 Å². The van der Waals surface area contributed by atoms with Gasteiger partial charge in [0.1, 0.15) is 0 Å². The monoisotopic (exact) mass is 199 g/mol. The average Bonchev–Trinajstić information content (AvgIpc) is 2.98. The molecule has 1 N–H and O–H groups in total. The number of ketones is 1. The molecule has 76 valence electrons. The molecule has 0 amide bonds. The predicted octanol–water partition coefficient (Wildman–Crippen LogP) is 3.07. The minimum atomic E-state index is 0.296. The van der Waals surface area contributed by atoms with Crippen LogP contribution in [0.5, 0.6) is 0 Å². The molecule has 1 fully saturated rings. The zero-order valence-corrected chi connectivity index (χ0v) is 8.71. The molecule has 2 nitrogen and oxygen atoms in total. The van der Waals surface area contributed by atoms with Crippen molar-refractivity contribution in [2.45, 2.75) is 19.8 Å². The topological polar surface area (TPSA) is 32.9 Å². The van der Waals surface area contributed by atoms with Crippen LogP contribution in [0.4, 0.5) is 0 Å². The van der Waals surface area contributed by atoms with Crippen LogP contribution in [0.2, 0.25) is 0 Å². The molecule has 1 heterocycles. The maximum absolute atomic E-state index is 12.0. The van der Waals surface area contributed by atoms with E-state index in [4.69, 9.17) is 0 Å². The van der Waals surface area contributed by atoms with E-state index >= 15 is 0 Å². The van der Waals surface area contributed by atoms with E-state index in [0.717, 1.165) is 29.3 Å². The van der Waals surface area contributed by atoms with Crippen LogP contribution in [-0.2, 0) is 0 Å². The number of carbonyl (C=O) groups is 1. The lowest BCUT2D eigenvalue weighted by Crippen LogP contribution is -1.99. The molecule has 1 aromatic heterocycles. The fourth-order valence-electron chi connectivity index (χ4n) is 2.08. The molecule has 1 saturated carbocycles. The van der Waals surface area contributed by atoms with Gasteiger partial charge in [-0.05, 0) is 25.3 Å². The van der Waals surface area contributed by atoms with Gasteiger partial charge >= 0.3 is 0 Å². The summed E-state index contributed by atoms with van der Waals surface area (Å²) in [6.45, 7) is 2.06. The van der Waals surface area contributed by atoms with Crippen molar-refractivity contribution >= 4 is 16.7 Å². The Morgan fingerprint density at radius 3 is 2.93 bits per heavy atom. The normalized spacial score (nSPS) is 15.8. The van der Waals surface area contributed by atoms with E-state index in [1.165, 1.54) is 5.56 Å². The van der Waals surface area contributed by atoms with Crippen molar-refractivity contribution in [3.05, 3.63) is 35.5 Å².